The van der Waals surface area contributed by atoms with Crippen molar-refractivity contribution in [2.75, 3.05) is 11.9 Å². The number of carbonyl (C=O) groups is 2. The number of halogens is 1. The zero-order valence-electron chi connectivity index (χ0n) is 17.1. The number of nitrogens with zero attached hydrogens (tertiary/aromatic N) is 1. The molecule has 2 heterocycles. The molecule has 1 N–H and O–H groups in total. The Balaban J connectivity index is 1.60. The summed E-state index contributed by atoms with van der Waals surface area (Å²) < 4.78 is 10.9. The van der Waals surface area contributed by atoms with E-state index in [1.54, 1.807) is 13.0 Å². The molecule has 0 saturated heterocycles. The molecule has 2 aromatic heterocycles. The van der Waals surface area contributed by atoms with E-state index in [1.807, 2.05) is 0 Å². The first-order valence-corrected chi connectivity index (χ1v) is 11.3. The number of aryl methyl sites for hydroxylation is 1. The second-order valence-electron chi connectivity index (χ2n) is 7.17. The molecule has 32 heavy (non-hydrogen) atoms. The molecular formula is C22H19ClN2O6S. The van der Waals surface area contributed by atoms with E-state index >= 15 is 0 Å². The number of nitro groups is 1. The molecule has 0 atom stereocenters. The minimum absolute atomic E-state index is 0.0237. The number of anilines is 1. The van der Waals surface area contributed by atoms with Crippen LogP contribution in [0.5, 0.6) is 0 Å². The quantitative estimate of drug-likeness (QED) is 0.271. The van der Waals surface area contributed by atoms with Crippen molar-refractivity contribution in [2.45, 2.75) is 32.6 Å². The van der Waals surface area contributed by atoms with Gasteiger partial charge in [0.2, 0.25) is 0 Å². The number of fused-ring (bicyclic) bond motifs is 1. The monoisotopic (exact) mass is 474 g/mol. The second-order valence-corrected chi connectivity index (χ2v) is 8.69. The van der Waals surface area contributed by atoms with Crippen LogP contribution in [-0.2, 0) is 17.6 Å². The van der Waals surface area contributed by atoms with Gasteiger partial charge in [0, 0.05) is 22.6 Å². The van der Waals surface area contributed by atoms with Crippen LogP contribution in [-0.4, -0.2) is 23.4 Å². The number of ether oxygens (including phenoxy) is 1. The van der Waals surface area contributed by atoms with E-state index in [0.29, 0.717) is 21.9 Å². The molecule has 166 valence electrons. The van der Waals surface area contributed by atoms with E-state index in [9.17, 15) is 19.7 Å². The summed E-state index contributed by atoms with van der Waals surface area (Å²) in [4.78, 5) is 36.9. The van der Waals surface area contributed by atoms with Crippen molar-refractivity contribution < 1.29 is 23.7 Å². The number of nitro benzene ring substituents is 1. The van der Waals surface area contributed by atoms with Crippen LogP contribution in [0.2, 0.25) is 5.02 Å². The van der Waals surface area contributed by atoms with Gasteiger partial charge in [0.15, 0.2) is 5.76 Å². The summed E-state index contributed by atoms with van der Waals surface area (Å²) >= 11 is 7.54. The highest BCUT2D eigenvalue weighted by molar-refractivity contribution is 7.17. The first-order chi connectivity index (χ1) is 15.4. The highest BCUT2D eigenvalue weighted by Gasteiger charge is 2.28. The summed E-state index contributed by atoms with van der Waals surface area (Å²) in [6.45, 7) is 1.98. The summed E-state index contributed by atoms with van der Waals surface area (Å²) in [7, 11) is 0. The van der Waals surface area contributed by atoms with Crippen molar-refractivity contribution in [3.8, 4) is 11.3 Å². The van der Waals surface area contributed by atoms with Crippen LogP contribution in [0.3, 0.4) is 0 Å². The van der Waals surface area contributed by atoms with E-state index in [0.717, 1.165) is 36.1 Å². The molecule has 4 rings (SSSR count). The van der Waals surface area contributed by atoms with Gasteiger partial charge in [-0.3, -0.25) is 14.9 Å². The standard InChI is InChI=1S/C22H19ClN2O6S/c1-2-30-22(27)19-14-5-3-4-6-18(14)32-21(19)24-20(26)17-10-9-16(31-17)13-8-7-12(25(28)29)11-15(13)23/h7-11H,2-6H2,1H3,(H,24,26). The first kappa shape index (κ1) is 22.0. The lowest BCUT2D eigenvalue weighted by Gasteiger charge is -2.12. The lowest BCUT2D eigenvalue weighted by Crippen LogP contribution is -2.15. The Morgan fingerprint density at radius 2 is 2.03 bits per heavy atom. The molecule has 10 heteroatoms. The normalized spacial score (nSPS) is 12.8. The van der Waals surface area contributed by atoms with E-state index in [-0.39, 0.29) is 23.1 Å². The van der Waals surface area contributed by atoms with Gasteiger partial charge < -0.3 is 14.5 Å². The predicted octanol–water partition coefficient (Wildman–Crippen LogP) is 5.88. The van der Waals surface area contributed by atoms with Crippen LogP contribution >= 0.6 is 22.9 Å². The van der Waals surface area contributed by atoms with Gasteiger partial charge in [-0.25, -0.2) is 4.79 Å². The van der Waals surface area contributed by atoms with Crippen molar-refractivity contribution in [3.63, 3.8) is 0 Å². The van der Waals surface area contributed by atoms with Gasteiger partial charge in [0.05, 0.1) is 22.1 Å². The van der Waals surface area contributed by atoms with E-state index in [1.165, 1.54) is 35.6 Å². The number of esters is 1. The number of carbonyl (C=O) groups excluding carboxylic acids is 2. The highest BCUT2D eigenvalue weighted by Crippen LogP contribution is 2.39. The summed E-state index contributed by atoms with van der Waals surface area (Å²) in [5.74, 6) is -0.639. The van der Waals surface area contributed by atoms with Gasteiger partial charge in [-0.1, -0.05) is 11.6 Å². The number of non-ortho nitro benzene ring substituents is 1. The molecule has 0 spiro atoms. The topological polar surface area (TPSA) is 112 Å². The van der Waals surface area contributed by atoms with Gasteiger partial charge >= 0.3 is 5.97 Å². The SMILES string of the molecule is CCOC(=O)c1c(NC(=O)c2ccc(-c3ccc([N+](=O)[O-])cc3Cl)o2)sc2c1CCCC2. The number of nitrogens with one attached hydrogen (secondary N) is 1. The molecule has 3 aromatic rings. The van der Waals surface area contributed by atoms with Gasteiger partial charge in [0.25, 0.3) is 11.6 Å². The maximum Gasteiger partial charge on any atom is 0.341 e. The largest absolute Gasteiger partial charge is 0.462 e. The van der Waals surface area contributed by atoms with Crippen molar-refractivity contribution in [1.82, 2.24) is 0 Å². The predicted molar refractivity (Wildman–Crippen MR) is 121 cm³/mol. The number of thiophene rings is 1. The molecule has 0 fully saturated rings. The third-order valence-corrected chi connectivity index (χ3v) is 6.66. The third-order valence-electron chi connectivity index (χ3n) is 5.14. The van der Waals surface area contributed by atoms with Crippen molar-refractivity contribution in [3.05, 3.63) is 67.2 Å². The van der Waals surface area contributed by atoms with Crippen LogP contribution in [0.15, 0.2) is 34.7 Å². The number of amides is 1. The maximum absolute atomic E-state index is 12.9. The summed E-state index contributed by atoms with van der Waals surface area (Å²) in [6.07, 6.45) is 3.67. The number of rotatable bonds is 6. The fourth-order valence-electron chi connectivity index (χ4n) is 3.66. The molecule has 0 radical (unpaired) electrons. The Labute approximate surface area is 192 Å². The molecule has 0 saturated carbocycles. The minimum atomic E-state index is -0.543. The zero-order valence-corrected chi connectivity index (χ0v) is 18.7. The van der Waals surface area contributed by atoms with Crippen LogP contribution in [0, 0.1) is 10.1 Å². The summed E-state index contributed by atoms with van der Waals surface area (Å²) in [5.41, 5.74) is 1.66. The zero-order chi connectivity index (χ0) is 22.8. The fraction of sp³-hybridized carbons (Fsp3) is 0.273. The average molecular weight is 475 g/mol. The Morgan fingerprint density at radius 1 is 1.25 bits per heavy atom. The van der Waals surface area contributed by atoms with Crippen molar-refractivity contribution in [1.29, 1.82) is 0 Å². The van der Waals surface area contributed by atoms with Crippen molar-refractivity contribution in [2.24, 2.45) is 0 Å². The van der Waals surface area contributed by atoms with Gasteiger partial charge in [-0.15, -0.1) is 11.3 Å². The van der Waals surface area contributed by atoms with Crippen LogP contribution in [0.25, 0.3) is 11.3 Å². The molecule has 8 nitrogen and oxygen atoms in total. The van der Waals surface area contributed by atoms with Gasteiger partial charge in [0.1, 0.15) is 10.8 Å². The average Bonchev–Trinajstić information content (AvgIpc) is 3.38. The van der Waals surface area contributed by atoms with Gasteiger partial charge in [-0.05, 0) is 56.4 Å². The number of benzene rings is 1. The molecule has 1 amide bonds. The Kier molecular flexibility index (Phi) is 6.29. The molecule has 1 aromatic carbocycles. The fourth-order valence-corrected chi connectivity index (χ4v) is 5.20. The van der Waals surface area contributed by atoms with E-state index in [2.05, 4.69) is 5.32 Å². The summed E-state index contributed by atoms with van der Waals surface area (Å²) in [6, 6.07) is 7.05. The maximum atomic E-state index is 12.9. The number of hydrogen-bond acceptors (Lipinski definition) is 7. The molecule has 0 unspecified atom stereocenters. The van der Waals surface area contributed by atoms with Crippen LogP contribution < -0.4 is 5.32 Å². The lowest BCUT2D eigenvalue weighted by molar-refractivity contribution is -0.384. The lowest BCUT2D eigenvalue weighted by atomic mass is 9.95. The van der Waals surface area contributed by atoms with Crippen molar-refractivity contribution >= 4 is 45.5 Å². The van der Waals surface area contributed by atoms with Crippen LogP contribution in [0.4, 0.5) is 10.7 Å². The Bertz CT molecular complexity index is 1220. The summed E-state index contributed by atoms with van der Waals surface area (Å²) in [5, 5.41) is 14.3. The number of furan rings is 1. The Morgan fingerprint density at radius 3 is 2.75 bits per heavy atom. The third kappa shape index (κ3) is 4.26. The van der Waals surface area contributed by atoms with E-state index < -0.39 is 16.8 Å². The first-order valence-electron chi connectivity index (χ1n) is 10.1. The molecule has 0 bridgehead atoms. The molecule has 1 aliphatic carbocycles. The van der Waals surface area contributed by atoms with Gasteiger partial charge in [-0.2, -0.15) is 0 Å². The minimum Gasteiger partial charge on any atom is -0.462 e. The molecule has 0 aliphatic heterocycles. The highest BCUT2D eigenvalue weighted by atomic mass is 35.5. The molecular weight excluding hydrogens is 456 g/mol. The molecule has 1 aliphatic rings. The Hall–Kier alpha value is -3.17. The second kappa shape index (κ2) is 9.13. The number of hydrogen-bond donors (Lipinski definition) is 1. The van der Waals surface area contributed by atoms with E-state index in [4.69, 9.17) is 20.8 Å². The smallest absolute Gasteiger partial charge is 0.341 e. The van der Waals surface area contributed by atoms with Crippen LogP contribution in [0.1, 0.15) is 51.1 Å².